The Hall–Kier alpha value is -2.72. The molecule has 0 unspecified atom stereocenters. The van der Waals surface area contributed by atoms with Crippen LogP contribution in [0, 0.1) is 0 Å². The lowest BCUT2D eigenvalue weighted by atomic mass is 10.1. The van der Waals surface area contributed by atoms with Crippen LogP contribution in [0.1, 0.15) is 11.3 Å². The standard InChI is InChI=1S/C29H38N8O4S2/c38-43(39,18-2-5-34-10-14-40-15-11-34)37-8-6-35(7-9-37)21-22-19-26-27(42-22)29(36-12-16-41-17-13-36)32-28(31-26)23-3-1-4-25-24(23)20-30-33-25/h1,3-4,19-20H,2,5-18,21H2,(H,30,33). The van der Waals surface area contributed by atoms with Gasteiger partial charge in [-0.1, -0.05) is 12.1 Å². The van der Waals surface area contributed by atoms with E-state index in [1.807, 2.05) is 24.4 Å². The molecule has 0 saturated carbocycles. The maximum absolute atomic E-state index is 13.0. The minimum atomic E-state index is -3.25. The number of aromatic nitrogens is 4. The quantitative estimate of drug-likeness (QED) is 0.296. The second-order valence-corrected chi connectivity index (χ2v) is 14.6. The number of H-pyrrole nitrogens is 1. The monoisotopic (exact) mass is 626 g/mol. The Morgan fingerprint density at radius 1 is 0.907 bits per heavy atom. The summed E-state index contributed by atoms with van der Waals surface area (Å²) in [5, 5.41) is 8.27. The van der Waals surface area contributed by atoms with Crippen molar-refractivity contribution in [2.75, 3.05) is 96.0 Å². The number of nitrogens with one attached hydrogen (secondary N) is 1. The summed E-state index contributed by atoms with van der Waals surface area (Å²) >= 11 is 1.74. The van der Waals surface area contributed by atoms with Crippen LogP contribution in [0.2, 0.25) is 0 Å². The van der Waals surface area contributed by atoms with Gasteiger partial charge < -0.3 is 14.4 Å². The van der Waals surface area contributed by atoms with E-state index in [1.165, 1.54) is 4.88 Å². The smallest absolute Gasteiger partial charge is 0.214 e. The summed E-state index contributed by atoms with van der Waals surface area (Å²) < 4.78 is 39.9. The first kappa shape index (κ1) is 29.0. The molecule has 14 heteroatoms. The predicted molar refractivity (Wildman–Crippen MR) is 168 cm³/mol. The van der Waals surface area contributed by atoms with Crippen molar-refractivity contribution in [2.24, 2.45) is 0 Å². The molecule has 0 aliphatic carbocycles. The van der Waals surface area contributed by atoms with Crippen LogP contribution in [0.15, 0.2) is 30.5 Å². The van der Waals surface area contributed by atoms with E-state index >= 15 is 0 Å². The van der Waals surface area contributed by atoms with Gasteiger partial charge in [-0.05, 0) is 25.1 Å². The number of ether oxygens (including phenoxy) is 2. The van der Waals surface area contributed by atoms with Crippen LogP contribution in [0.4, 0.5) is 5.82 Å². The van der Waals surface area contributed by atoms with Gasteiger partial charge in [0.25, 0.3) is 0 Å². The van der Waals surface area contributed by atoms with E-state index in [0.29, 0.717) is 51.6 Å². The number of anilines is 1. The molecule has 4 aromatic rings. The van der Waals surface area contributed by atoms with E-state index in [2.05, 4.69) is 31.0 Å². The highest BCUT2D eigenvalue weighted by Gasteiger charge is 2.28. The lowest BCUT2D eigenvalue weighted by molar-refractivity contribution is 0.0380. The van der Waals surface area contributed by atoms with Gasteiger partial charge in [-0.3, -0.25) is 14.9 Å². The molecule has 3 aliphatic heterocycles. The Balaban J connectivity index is 1.05. The van der Waals surface area contributed by atoms with Crippen molar-refractivity contribution in [2.45, 2.75) is 13.0 Å². The first-order valence-electron chi connectivity index (χ1n) is 15.1. The summed E-state index contributed by atoms with van der Waals surface area (Å²) in [5.74, 6) is 1.85. The first-order chi connectivity index (χ1) is 21.0. The average Bonchev–Trinajstić information content (AvgIpc) is 3.68. The number of thiophene rings is 1. The minimum Gasteiger partial charge on any atom is -0.379 e. The van der Waals surface area contributed by atoms with Gasteiger partial charge in [0, 0.05) is 74.7 Å². The lowest BCUT2D eigenvalue weighted by Crippen LogP contribution is -2.49. The number of fused-ring (bicyclic) bond motifs is 2. The number of sulfonamides is 1. The highest BCUT2D eigenvalue weighted by atomic mass is 32.2. The zero-order chi connectivity index (χ0) is 29.2. The maximum atomic E-state index is 13.0. The number of benzene rings is 1. The summed E-state index contributed by atoms with van der Waals surface area (Å²) in [6.45, 7) is 10.2. The molecule has 43 heavy (non-hydrogen) atoms. The van der Waals surface area contributed by atoms with Gasteiger partial charge >= 0.3 is 0 Å². The highest BCUT2D eigenvalue weighted by molar-refractivity contribution is 7.89. The van der Waals surface area contributed by atoms with Crippen LogP contribution in [0.5, 0.6) is 0 Å². The van der Waals surface area contributed by atoms with Crippen molar-refractivity contribution in [3.63, 3.8) is 0 Å². The van der Waals surface area contributed by atoms with E-state index < -0.39 is 10.0 Å². The van der Waals surface area contributed by atoms with Crippen molar-refractivity contribution in [3.8, 4) is 11.4 Å². The molecule has 1 aromatic carbocycles. The molecule has 3 aromatic heterocycles. The molecule has 0 atom stereocenters. The van der Waals surface area contributed by atoms with Crippen LogP contribution in [0.25, 0.3) is 32.5 Å². The van der Waals surface area contributed by atoms with Gasteiger partial charge in [0.2, 0.25) is 10.0 Å². The van der Waals surface area contributed by atoms with Crippen molar-refractivity contribution < 1.29 is 17.9 Å². The van der Waals surface area contributed by atoms with Crippen molar-refractivity contribution in [3.05, 3.63) is 35.3 Å². The Morgan fingerprint density at radius 2 is 1.67 bits per heavy atom. The number of piperazine rings is 1. The fraction of sp³-hybridized carbons (Fsp3) is 0.552. The summed E-state index contributed by atoms with van der Waals surface area (Å²) in [4.78, 5) is 18.3. The van der Waals surface area contributed by atoms with Crippen molar-refractivity contribution in [1.82, 2.24) is 34.3 Å². The molecule has 0 radical (unpaired) electrons. The number of hydrogen-bond acceptors (Lipinski definition) is 11. The number of aromatic amines is 1. The molecular formula is C29H38N8O4S2. The van der Waals surface area contributed by atoms with Gasteiger partial charge in [-0.25, -0.2) is 18.4 Å². The van der Waals surface area contributed by atoms with E-state index in [9.17, 15) is 8.42 Å². The van der Waals surface area contributed by atoms with Crippen LogP contribution < -0.4 is 4.90 Å². The summed E-state index contributed by atoms with van der Waals surface area (Å²) in [5.41, 5.74) is 2.85. The minimum absolute atomic E-state index is 0.207. The number of rotatable bonds is 9. The van der Waals surface area contributed by atoms with Gasteiger partial charge in [-0.15, -0.1) is 11.3 Å². The molecule has 1 N–H and O–H groups in total. The average molecular weight is 627 g/mol. The van der Waals surface area contributed by atoms with Crippen molar-refractivity contribution in [1.29, 1.82) is 0 Å². The maximum Gasteiger partial charge on any atom is 0.214 e. The third kappa shape index (κ3) is 6.41. The zero-order valence-corrected chi connectivity index (χ0v) is 25.9. The van der Waals surface area contributed by atoms with Gasteiger partial charge in [0.15, 0.2) is 11.6 Å². The molecule has 0 spiro atoms. The highest BCUT2D eigenvalue weighted by Crippen LogP contribution is 2.36. The second-order valence-electron chi connectivity index (χ2n) is 11.3. The largest absolute Gasteiger partial charge is 0.379 e. The molecule has 7 rings (SSSR count). The third-order valence-electron chi connectivity index (χ3n) is 8.53. The summed E-state index contributed by atoms with van der Waals surface area (Å²) in [6.07, 6.45) is 2.49. The second kappa shape index (κ2) is 12.7. The Labute approximate surface area is 255 Å². The van der Waals surface area contributed by atoms with Gasteiger partial charge in [0.05, 0.1) is 54.1 Å². The molecule has 3 fully saturated rings. The topological polar surface area (TPSA) is 120 Å². The van der Waals surface area contributed by atoms with E-state index in [4.69, 9.17) is 19.4 Å². The summed E-state index contributed by atoms with van der Waals surface area (Å²) in [6, 6.07) is 8.23. The van der Waals surface area contributed by atoms with Crippen LogP contribution in [-0.2, 0) is 26.0 Å². The Morgan fingerprint density at radius 3 is 2.47 bits per heavy atom. The third-order valence-corrected chi connectivity index (χ3v) is 11.6. The van der Waals surface area contributed by atoms with Crippen LogP contribution in [-0.4, -0.2) is 134 Å². The van der Waals surface area contributed by atoms with E-state index in [-0.39, 0.29) is 5.75 Å². The lowest BCUT2D eigenvalue weighted by Gasteiger charge is -2.34. The molecule has 12 nitrogen and oxygen atoms in total. The number of hydrogen-bond donors (Lipinski definition) is 1. The fourth-order valence-electron chi connectivity index (χ4n) is 6.13. The molecule has 0 bridgehead atoms. The molecular weight excluding hydrogens is 589 g/mol. The Bertz CT molecular complexity index is 1660. The summed E-state index contributed by atoms with van der Waals surface area (Å²) in [7, 11) is -3.25. The molecule has 3 aliphatic rings. The zero-order valence-electron chi connectivity index (χ0n) is 24.3. The first-order valence-corrected chi connectivity index (χ1v) is 17.5. The fourth-order valence-corrected chi connectivity index (χ4v) is 8.75. The molecule has 230 valence electrons. The predicted octanol–water partition coefficient (Wildman–Crippen LogP) is 2.24. The molecule has 3 saturated heterocycles. The van der Waals surface area contributed by atoms with Gasteiger partial charge in [0.1, 0.15) is 0 Å². The number of nitrogens with zero attached hydrogens (tertiary/aromatic N) is 7. The van der Waals surface area contributed by atoms with E-state index in [0.717, 1.165) is 85.0 Å². The molecule has 0 amide bonds. The number of morpholine rings is 2. The van der Waals surface area contributed by atoms with Crippen LogP contribution >= 0.6 is 11.3 Å². The van der Waals surface area contributed by atoms with Crippen molar-refractivity contribution >= 4 is 48.3 Å². The molecule has 6 heterocycles. The van der Waals surface area contributed by atoms with Gasteiger partial charge in [-0.2, -0.15) is 9.40 Å². The van der Waals surface area contributed by atoms with E-state index in [1.54, 1.807) is 15.6 Å². The Kier molecular flexibility index (Phi) is 8.58. The normalized spacial score (nSPS) is 20.0. The SMILES string of the molecule is O=S(=O)(CCCN1CCOCC1)N1CCN(Cc2cc3nc(-c4cccc5[nH]ncc45)nc(N4CCOCC4)c3s2)CC1. The van der Waals surface area contributed by atoms with Crippen LogP contribution in [0.3, 0.4) is 0 Å².